The number of hydrazine groups is 1. The Labute approximate surface area is 102 Å². The van der Waals surface area contributed by atoms with Crippen LogP contribution in [0.4, 0.5) is 10.6 Å². The number of nitrogens with zero attached hydrogens (tertiary/aromatic N) is 2. The monoisotopic (exact) mass is 248 g/mol. The molecule has 2 rings (SSSR count). The van der Waals surface area contributed by atoms with E-state index < -0.39 is 11.8 Å². The topological polar surface area (TPSA) is 112 Å². The molecular formula is C11H12N4O3. The van der Waals surface area contributed by atoms with Crippen molar-refractivity contribution in [2.24, 2.45) is 5.84 Å². The van der Waals surface area contributed by atoms with Gasteiger partial charge in [0.25, 0.3) is 0 Å². The highest BCUT2D eigenvalue weighted by Gasteiger charge is 2.17. The number of carboxylic acid groups (broad SMARTS) is 1. The van der Waals surface area contributed by atoms with Crippen LogP contribution in [0.2, 0.25) is 0 Å². The fourth-order valence-corrected chi connectivity index (χ4v) is 1.82. The van der Waals surface area contributed by atoms with E-state index in [-0.39, 0.29) is 5.82 Å². The van der Waals surface area contributed by atoms with Crippen LogP contribution in [0.25, 0.3) is 10.9 Å². The number of nitrogens with two attached hydrogens (primary N) is 1. The Morgan fingerprint density at radius 2 is 2.28 bits per heavy atom. The van der Waals surface area contributed by atoms with E-state index in [1.54, 1.807) is 12.1 Å². The van der Waals surface area contributed by atoms with Gasteiger partial charge in [0.1, 0.15) is 0 Å². The molecule has 0 aliphatic rings. The molecule has 7 nitrogen and oxygen atoms in total. The lowest BCUT2D eigenvalue weighted by Gasteiger charge is -2.15. The number of rotatable bonds is 2. The van der Waals surface area contributed by atoms with E-state index in [0.29, 0.717) is 22.3 Å². The molecule has 1 amide bonds. The summed E-state index contributed by atoms with van der Waals surface area (Å²) in [4.78, 5) is 28.5. The van der Waals surface area contributed by atoms with E-state index in [1.807, 2.05) is 13.0 Å². The summed E-state index contributed by atoms with van der Waals surface area (Å²) in [5, 5.41) is 9.90. The van der Waals surface area contributed by atoms with Gasteiger partial charge in [0.05, 0.1) is 5.52 Å². The third kappa shape index (κ3) is 1.91. The first kappa shape index (κ1) is 12.1. The molecule has 18 heavy (non-hydrogen) atoms. The van der Waals surface area contributed by atoms with Crippen LogP contribution >= 0.6 is 0 Å². The summed E-state index contributed by atoms with van der Waals surface area (Å²) in [6, 6.07) is 5.29. The fourth-order valence-electron chi connectivity index (χ4n) is 1.82. The maximum Gasteiger partial charge on any atom is 0.427 e. The number of hydrogen-bond acceptors (Lipinski definition) is 4. The lowest BCUT2D eigenvalue weighted by molar-refractivity contribution is 0.202. The maximum absolute atomic E-state index is 11.4. The van der Waals surface area contributed by atoms with Crippen LogP contribution in [0.1, 0.15) is 12.5 Å². The molecule has 0 unspecified atom stereocenters. The Kier molecular flexibility index (Phi) is 2.99. The van der Waals surface area contributed by atoms with E-state index in [0.717, 1.165) is 5.56 Å². The van der Waals surface area contributed by atoms with E-state index >= 15 is 0 Å². The van der Waals surface area contributed by atoms with Gasteiger partial charge in [-0.05, 0) is 18.1 Å². The number of carbonyl (C=O) groups is 1. The Hall–Kier alpha value is -2.41. The second-order valence-electron chi connectivity index (χ2n) is 3.71. The second-order valence-corrected chi connectivity index (χ2v) is 3.71. The summed E-state index contributed by atoms with van der Waals surface area (Å²) < 4.78 is 0. The van der Waals surface area contributed by atoms with E-state index in [1.165, 1.54) is 0 Å². The number of aryl methyl sites for hydroxylation is 1. The molecule has 0 saturated carbocycles. The summed E-state index contributed by atoms with van der Waals surface area (Å²) in [6.45, 7) is 1.92. The molecular weight excluding hydrogens is 236 g/mol. The maximum atomic E-state index is 11.4. The normalized spacial score (nSPS) is 10.6. The van der Waals surface area contributed by atoms with E-state index in [2.05, 4.69) is 9.97 Å². The van der Waals surface area contributed by atoms with Crippen molar-refractivity contribution in [3.05, 3.63) is 34.2 Å². The average molecular weight is 248 g/mol. The highest BCUT2D eigenvalue weighted by molar-refractivity contribution is 5.98. The number of anilines is 1. The van der Waals surface area contributed by atoms with Crippen molar-refractivity contribution in [1.82, 2.24) is 9.97 Å². The largest absolute Gasteiger partial charge is 0.464 e. The molecule has 0 saturated heterocycles. The van der Waals surface area contributed by atoms with Crippen molar-refractivity contribution in [2.45, 2.75) is 13.3 Å². The average Bonchev–Trinajstić information content (AvgIpc) is 2.35. The quantitative estimate of drug-likeness (QED) is 0.414. The summed E-state index contributed by atoms with van der Waals surface area (Å²) in [6.07, 6.45) is -0.703. The minimum absolute atomic E-state index is 0.0568. The summed E-state index contributed by atoms with van der Waals surface area (Å²) in [5.74, 6) is 5.36. The molecule has 1 heterocycles. The summed E-state index contributed by atoms with van der Waals surface area (Å²) >= 11 is 0. The second kappa shape index (κ2) is 4.46. The number of amides is 1. The van der Waals surface area contributed by atoms with Gasteiger partial charge >= 0.3 is 11.8 Å². The fraction of sp³-hybridized carbons (Fsp3) is 0.182. The lowest BCUT2D eigenvalue weighted by Crippen LogP contribution is -2.38. The summed E-state index contributed by atoms with van der Waals surface area (Å²) in [5.41, 5.74) is 0.742. The predicted octanol–water partition coefficient (Wildman–Crippen LogP) is 0.844. The van der Waals surface area contributed by atoms with Gasteiger partial charge in [0.15, 0.2) is 5.82 Å². The Bertz CT molecular complexity index is 665. The molecule has 94 valence electrons. The smallest absolute Gasteiger partial charge is 0.427 e. The van der Waals surface area contributed by atoms with Gasteiger partial charge in [-0.1, -0.05) is 19.1 Å². The molecule has 2 aromatic rings. The first-order valence-corrected chi connectivity index (χ1v) is 5.34. The molecule has 0 aliphatic heterocycles. The van der Waals surface area contributed by atoms with Gasteiger partial charge in [-0.2, -0.15) is 9.99 Å². The number of nitrogens with one attached hydrogen (secondary N) is 1. The van der Waals surface area contributed by atoms with Gasteiger partial charge in [0, 0.05) is 5.39 Å². The third-order valence-corrected chi connectivity index (χ3v) is 2.64. The molecule has 0 spiro atoms. The van der Waals surface area contributed by atoms with Crippen LogP contribution in [0.5, 0.6) is 0 Å². The van der Waals surface area contributed by atoms with Gasteiger partial charge < -0.3 is 10.1 Å². The molecule has 0 atom stereocenters. The molecule has 0 aliphatic carbocycles. The number of aromatic amines is 1. The van der Waals surface area contributed by atoms with E-state index in [4.69, 9.17) is 10.9 Å². The number of hydrogen-bond donors (Lipinski definition) is 3. The highest BCUT2D eigenvalue weighted by atomic mass is 16.4. The Morgan fingerprint density at radius 3 is 2.89 bits per heavy atom. The minimum Gasteiger partial charge on any atom is -0.464 e. The molecule has 0 bridgehead atoms. The van der Waals surface area contributed by atoms with Crippen molar-refractivity contribution in [1.29, 1.82) is 0 Å². The number of aromatic nitrogens is 2. The van der Waals surface area contributed by atoms with Gasteiger partial charge in [-0.3, -0.25) is 0 Å². The number of fused-ring (bicyclic) bond motifs is 1. The molecule has 4 N–H and O–H groups in total. The standard InChI is InChI=1S/C11H12N4O3/c1-2-6-4-3-5-7-8(6)9(14-10(16)13-7)15(12)11(17)18/h3-5H,2,12H2,1H3,(H,17,18)(H,13,14,16). The zero-order chi connectivity index (χ0) is 13.3. The predicted molar refractivity (Wildman–Crippen MR) is 66.4 cm³/mol. The number of benzene rings is 1. The van der Waals surface area contributed by atoms with Crippen molar-refractivity contribution < 1.29 is 9.90 Å². The lowest BCUT2D eigenvalue weighted by atomic mass is 10.1. The van der Waals surface area contributed by atoms with Crippen LogP contribution in [-0.4, -0.2) is 21.2 Å². The zero-order valence-electron chi connectivity index (χ0n) is 9.67. The Morgan fingerprint density at radius 1 is 1.56 bits per heavy atom. The van der Waals surface area contributed by atoms with Gasteiger partial charge in [-0.25, -0.2) is 15.4 Å². The zero-order valence-corrected chi connectivity index (χ0v) is 9.67. The van der Waals surface area contributed by atoms with Crippen LogP contribution in [0, 0.1) is 0 Å². The minimum atomic E-state index is -1.37. The first-order chi connectivity index (χ1) is 8.54. The van der Waals surface area contributed by atoms with Crippen LogP contribution in [0.3, 0.4) is 0 Å². The summed E-state index contributed by atoms with van der Waals surface area (Å²) in [7, 11) is 0. The first-order valence-electron chi connectivity index (χ1n) is 5.34. The molecule has 0 fully saturated rings. The third-order valence-electron chi connectivity index (χ3n) is 2.64. The van der Waals surface area contributed by atoms with Gasteiger partial charge in [-0.15, -0.1) is 0 Å². The van der Waals surface area contributed by atoms with Crippen molar-refractivity contribution >= 4 is 22.8 Å². The van der Waals surface area contributed by atoms with Crippen LogP contribution in [0.15, 0.2) is 23.0 Å². The van der Waals surface area contributed by atoms with Crippen molar-refractivity contribution in [3.8, 4) is 0 Å². The number of H-pyrrole nitrogens is 1. The van der Waals surface area contributed by atoms with E-state index in [9.17, 15) is 9.59 Å². The van der Waals surface area contributed by atoms with Crippen LogP contribution in [-0.2, 0) is 6.42 Å². The SMILES string of the molecule is CCc1cccc2[nH]c(=O)nc(N(N)C(=O)O)c12. The van der Waals surface area contributed by atoms with Crippen molar-refractivity contribution in [3.63, 3.8) is 0 Å². The van der Waals surface area contributed by atoms with Crippen LogP contribution < -0.4 is 16.5 Å². The van der Waals surface area contributed by atoms with Crippen molar-refractivity contribution in [2.75, 3.05) is 5.01 Å². The highest BCUT2D eigenvalue weighted by Crippen LogP contribution is 2.24. The molecule has 1 aromatic carbocycles. The van der Waals surface area contributed by atoms with Gasteiger partial charge in [0.2, 0.25) is 0 Å². The Balaban J connectivity index is 2.85. The molecule has 1 aromatic heterocycles. The molecule has 0 radical (unpaired) electrons. The molecule has 7 heteroatoms.